The van der Waals surface area contributed by atoms with Crippen molar-refractivity contribution >= 4 is 5.91 Å². The van der Waals surface area contributed by atoms with Crippen LogP contribution in [0, 0.1) is 6.92 Å². The summed E-state index contributed by atoms with van der Waals surface area (Å²) in [5, 5.41) is 4.12. The van der Waals surface area contributed by atoms with Crippen molar-refractivity contribution in [1.29, 1.82) is 0 Å². The van der Waals surface area contributed by atoms with Gasteiger partial charge in [0.1, 0.15) is 0 Å². The lowest BCUT2D eigenvalue weighted by Gasteiger charge is -2.06. The number of carbonyl (C=O) groups excluding carboxylic acids is 1. The number of aryl methyl sites for hydroxylation is 2. The van der Waals surface area contributed by atoms with Crippen LogP contribution in [0.3, 0.4) is 0 Å². The van der Waals surface area contributed by atoms with E-state index < -0.39 is 5.91 Å². The van der Waals surface area contributed by atoms with Crippen LogP contribution in [0.1, 0.15) is 23.7 Å². The highest BCUT2D eigenvalue weighted by Crippen LogP contribution is 2.16. The summed E-state index contributed by atoms with van der Waals surface area (Å²) in [5.41, 5.74) is 12.5. The Bertz CT molecular complexity index is 318. The van der Waals surface area contributed by atoms with E-state index in [9.17, 15) is 4.79 Å². The first-order chi connectivity index (χ1) is 6.00. The largest absolute Gasteiger partial charge is 0.370 e. The molecule has 13 heavy (non-hydrogen) atoms. The summed E-state index contributed by atoms with van der Waals surface area (Å²) in [7, 11) is 1.81. The van der Waals surface area contributed by atoms with Crippen LogP contribution < -0.4 is 11.5 Å². The molecule has 0 saturated heterocycles. The Labute approximate surface area is 76.7 Å². The highest BCUT2D eigenvalue weighted by Gasteiger charge is 2.13. The van der Waals surface area contributed by atoms with Gasteiger partial charge in [0.25, 0.3) is 0 Å². The lowest BCUT2D eigenvalue weighted by Crippen LogP contribution is -2.20. The molecule has 1 amide bonds. The molecule has 1 atom stereocenters. The Hall–Kier alpha value is -1.36. The third-order valence-electron chi connectivity index (χ3n) is 1.87. The molecule has 0 unspecified atom stereocenters. The first-order valence-electron chi connectivity index (χ1n) is 4.04. The fourth-order valence-electron chi connectivity index (χ4n) is 1.31. The van der Waals surface area contributed by atoms with Crippen LogP contribution in [0.25, 0.3) is 0 Å². The first kappa shape index (κ1) is 9.73. The molecule has 5 nitrogen and oxygen atoms in total. The fraction of sp³-hybridized carbons (Fsp3) is 0.500. The molecule has 4 N–H and O–H groups in total. The van der Waals surface area contributed by atoms with Crippen LogP contribution in [0.2, 0.25) is 0 Å². The second-order valence-corrected chi connectivity index (χ2v) is 3.12. The monoisotopic (exact) mass is 182 g/mol. The van der Waals surface area contributed by atoms with E-state index in [0.717, 1.165) is 11.3 Å². The second-order valence-electron chi connectivity index (χ2n) is 3.12. The number of hydrogen-bond donors (Lipinski definition) is 2. The zero-order valence-electron chi connectivity index (χ0n) is 7.82. The maximum Gasteiger partial charge on any atom is 0.219 e. The van der Waals surface area contributed by atoms with Crippen molar-refractivity contribution in [2.24, 2.45) is 18.5 Å². The van der Waals surface area contributed by atoms with Gasteiger partial charge in [-0.3, -0.25) is 9.48 Å². The van der Waals surface area contributed by atoms with Gasteiger partial charge in [-0.15, -0.1) is 0 Å². The molecule has 1 aromatic heterocycles. The van der Waals surface area contributed by atoms with Crippen LogP contribution in [0.4, 0.5) is 0 Å². The van der Waals surface area contributed by atoms with E-state index >= 15 is 0 Å². The molecule has 1 heterocycles. The van der Waals surface area contributed by atoms with Crippen molar-refractivity contribution in [2.45, 2.75) is 19.4 Å². The van der Waals surface area contributed by atoms with Gasteiger partial charge >= 0.3 is 0 Å². The van der Waals surface area contributed by atoms with Gasteiger partial charge in [-0.2, -0.15) is 5.10 Å². The smallest absolute Gasteiger partial charge is 0.219 e. The van der Waals surface area contributed by atoms with Crippen molar-refractivity contribution in [3.8, 4) is 0 Å². The van der Waals surface area contributed by atoms with E-state index in [1.807, 2.05) is 20.2 Å². The molecule has 0 aliphatic rings. The summed E-state index contributed by atoms with van der Waals surface area (Å²) < 4.78 is 1.67. The van der Waals surface area contributed by atoms with Gasteiger partial charge in [0.2, 0.25) is 5.91 Å². The van der Waals surface area contributed by atoms with Crippen molar-refractivity contribution in [1.82, 2.24) is 9.78 Å². The van der Waals surface area contributed by atoms with Crippen LogP contribution in [0.15, 0.2) is 6.20 Å². The van der Waals surface area contributed by atoms with Crippen molar-refractivity contribution in [2.75, 3.05) is 0 Å². The van der Waals surface area contributed by atoms with E-state index in [4.69, 9.17) is 11.5 Å². The van der Waals surface area contributed by atoms with Gasteiger partial charge in [-0.25, -0.2) is 0 Å². The zero-order valence-corrected chi connectivity index (χ0v) is 7.82. The number of primary amides is 1. The highest BCUT2D eigenvalue weighted by atomic mass is 16.1. The number of aromatic nitrogens is 2. The number of rotatable bonds is 3. The number of nitrogens with two attached hydrogens (primary N) is 2. The minimum atomic E-state index is -0.393. The van der Waals surface area contributed by atoms with Crippen molar-refractivity contribution in [3.05, 3.63) is 17.5 Å². The molecule has 0 aliphatic carbocycles. The van der Waals surface area contributed by atoms with E-state index in [1.54, 1.807) is 4.68 Å². The molecule has 0 bridgehead atoms. The number of nitrogens with zero attached hydrogens (tertiary/aromatic N) is 2. The molecule has 0 spiro atoms. The number of carbonyl (C=O) groups is 1. The summed E-state index contributed by atoms with van der Waals surface area (Å²) in [5.74, 6) is -0.393. The van der Waals surface area contributed by atoms with Gasteiger partial charge in [0.05, 0.1) is 5.69 Å². The molecule has 0 saturated carbocycles. The molecule has 1 aromatic rings. The first-order valence-corrected chi connectivity index (χ1v) is 4.04. The Balaban J connectivity index is 2.81. The molecular weight excluding hydrogens is 168 g/mol. The Kier molecular flexibility index (Phi) is 2.67. The summed E-state index contributed by atoms with van der Waals surface area (Å²) >= 11 is 0. The molecular formula is C8H14N4O. The predicted molar refractivity (Wildman–Crippen MR) is 48.7 cm³/mol. The van der Waals surface area contributed by atoms with E-state index in [0.29, 0.717) is 0 Å². The van der Waals surface area contributed by atoms with Crippen LogP contribution in [-0.2, 0) is 11.8 Å². The Morgan fingerprint density at radius 3 is 2.77 bits per heavy atom. The Morgan fingerprint density at radius 2 is 2.38 bits per heavy atom. The minimum Gasteiger partial charge on any atom is -0.370 e. The highest BCUT2D eigenvalue weighted by molar-refractivity contribution is 5.74. The molecule has 0 aliphatic heterocycles. The van der Waals surface area contributed by atoms with Gasteiger partial charge < -0.3 is 11.5 Å². The summed E-state index contributed by atoms with van der Waals surface area (Å²) in [6.45, 7) is 1.86. The third-order valence-corrected chi connectivity index (χ3v) is 1.87. The molecule has 5 heteroatoms. The second kappa shape index (κ2) is 3.57. The summed E-state index contributed by atoms with van der Waals surface area (Å²) in [6, 6.07) is -0.341. The van der Waals surface area contributed by atoms with Gasteiger partial charge in [0.15, 0.2) is 0 Å². The van der Waals surface area contributed by atoms with E-state index in [2.05, 4.69) is 5.10 Å². The summed E-state index contributed by atoms with van der Waals surface area (Å²) in [4.78, 5) is 10.6. The molecule has 1 rings (SSSR count). The minimum absolute atomic E-state index is 0.159. The number of amides is 1. The standard InChI is InChI=1S/C8H14N4O/c1-5-6(4-12(2)11-5)7(9)3-8(10)13/h4,7H,3,9H2,1-2H3,(H2,10,13)/t7-/m1/s1. The van der Waals surface area contributed by atoms with Gasteiger partial charge in [-0.1, -0.05) is 0 Å². The van der Waals surface area contributed by atoms with Crippen LogP contribution >= 0.6 is 0 Å². The normalized spacial score (nSPS) is 12.8. The summed E-state index contributed by atoms with van der Waals surface area (Å²) in [6.07, 6.45) is 1.97. The zero-order chi connectivity index (χ0) is 10.0. The number of hydrogen-bond acceptors (Lipinski definition) is 3. The van der Waals surface area contributed by atoms with Crippen molar-refractivity contribution < 1.29 is 4.79 Å². The Morgan fingerprint density at radius 1 is 1.77 bits per heavy atom. The molecule has 72 valence electrons. The van der Waals surface area contributed by atoms with E-state index in [1.165, 1.54) is 0 Å². The fourth-order valence-corrected chi connectivity index (χ4v) is 1.31. The average molecular weight is 182 g/mol. The lowest BCUT2D eigenvalue weighted by atomic mass is 10.1. The lowest BCUT2D eigenvalue weighted by molar-refractivity contribution is -0.118. The van der Waals surface area contributed by atoms with E-state index in [-0.39, 0.29) is 12.5 Å². The van der Waals surface area contributed by atoms with Crippen LogP contribution in [0.5, 0.6) is 0 Å². The molecule has 0 aromatic carbocycles. The third kappa shape index (κ3) is 2.29. The quantitative estimate of drug-likeness (QED) is 0.667. The SMILES string of the molecule is Cc1nn(C)cc1[C@H](N)CC(N)=O. The van der Waals surface area contributed by atoms with Gasteiger partial charge in [0, 0.05) is 31.3 Å². The predicted octanol–water partition coefficient (Wildman–Crippen LogP) is -0.396. The van der Waals surface area contributed by atoms with Gasteiger partial charge in [-0.05, 0) is 6.92 Å². The topological polar surface area (TPSA) is 86.9 Å². The molecule has 0 fully saturated rings. The van der Waals surface area contributed by atoms with Crippen LogP contribution in [-0.4, -0.2) is 15.7 Å². The van der Waals surface area contributed by atoms with Crippen molar-refractivity contribution in [3.63, 3.8) is 0 Å². The average Bonchev–Trinajstić information content (AvgIpc) is 2.28. The maximum atomic E-state index is 10.6. The maximum absolute atomic E-state index is 10.6. The molecule has 0 radical (unpaired) electrons.